The summed E-state index contributed by atoms with van der Waals surface area (Å²) in [6.07, 6.45) is 0. The smallest absolute Gasteiger partial charge is 0.143 e. The molecule has 0 unspecified atom stereocenters. The average Bonchev–Trinajstić information content (AvgIpc) is 3.56. The van der Waals surface area contributed by atoms with Gasteiger partial charge in [0, 0.05) is 22.0 Å². The number of fused-ring (bicyclic) bond motifs is 5. The molecule has 2 nitrogen and oxygen atoms in total. The fourth-order valence-electron chi connectivity index (χ4n) is 6.95. The Morgan fingerprint density at radius 2 is 0.917 bits per heavy atom. The van der Waals surface area contributed by atoms with E-state index in [1.165, 1.54) is 33.2 Å². The van der Waals surface area contributed by atoms with Gasteiger partial charge in [-0.15, -0.1) is 0 Å². The Kier molecular flexibility index (Phi) is 6.84. The van der Waals surface area contributed by atoms with Gasteiger partial charge in [-0.1, -0.05) is 152 Å². The lowest BCUT2D eigenvalue weighted by molar-refractivity contribution is 0.672. The van der Waals surface area contributed by atoms with Gasteiger partial charge in [-0.25, -0.2) is 0 Å². The van der Waals surface area contributed by atoms with E-state index in [9.17, 15) is 0 Å². The topological polar surface area (TPSA) is 16.4 Å². The highest BCUT2D eigenvalue weighted by molar-refractivity contribution is 6.19. The minimum absolute atomic E-state index is 0.871. The number of anilines is 3. The molecule has 0 amide bonds. The van der Waals surface area contributed by atoms with Gasteiger partial charge in [0.15, 0.2) is 0 Å². The molecule has 0 aliphatic carbocycles. The molecule has 48 heavy (non-hydrogen) atoms. The highest BCUT2D eigenvalue weighted by Gasteiger charge is 2.22. The Morgan fingerprint density at radius 1 is 0.354 bits per heavy atom. The number of nitrogens with zero attached hydrogens (tertiary/aromatic N) is 1. The third-order valence-electron chi connectivity index (χ3n) is 9.29. The fraction of sp³-hybridized carbons (Fsp3) is 0. The van der Waals surface area contributed by atoms with E-state index in [2.05, 4.69) is 193 Å². The molecule has 0 radical (unpaired) electrons. The van der Waals surface area contributed by atoms with Crippen LogP contribution in [-0.2, 0) is 0 Å². The molecule has 0 aliphatic rings. The molecule has 0 saturated heterocycles. The molecule has 9 rings (SSSR count). The van der Waals surface area contributed by atoms with Gasteiger partial charge in [0.25, 0.3) is 0 Å². The Balaban J connectivity index is 1.22. The molecule has 0 saturated carbocycles. The third kappa shape index (κ3) is 4.83. The van der Waals surface area contributed by atoms with E-state index in [-0.39, 0.29) is 0 Å². The minimum atomic E-state index is 0.871. The highest BCUT2D eigenvalue weighted by Crippen LogP contribution is 2.46. The number of para-hydroxylation sites is 1. The molecule has 0 N–H and O–H groups in total. The minimum Gasteiger partial charge on any atom is -0.455 e. The van der Waals surface area contributed by atoms with Crippen molar-refractivity contribution in [3.05, 3.63) is 188 Å². The summed E-state index contributed by atoms with van der Waals surface area (Å²) in [6, 6.07) is 66.8. The van der Waals surface area contributed by atoms with Crippen LogP contribution in [0.25, 0.3) is 66.1 Å². The Hall–Kier alpha value is -6.38. The summed E-state index contributed by atoms with van der Waals surface area (Å²) in [4.78, 5) is 2.39. The first-order valence-corrected chi connectivity index (χ1v) is 16.4. The molecule has 0 atom stereocenters. The van der Waals surface area contributed by atoms with Gasteiger partial charge < -0.3 is 9.32 Å². The van der Waals surface area contributed by atoms with E-state index >= 15 is 0 Å². The number of rotatable bonds is 6. The quantitative estimate of drug-likeness (QED) is 0.185. The van der Waals surface area contributed by atoms with E-state index in [4.69, 9.17) is 4.42 Å². The zero-order valence-corrected chi connectivity index (χ0v) is 26.3. The lowest BCUT2D eigenvalue weighted by Crippen LogP contribution is -2.11. The first-order chi connectivity index (χ1) is 23.8. The summed E-state index contributed by atoms with van der Waals surface area (Å²) < 4.78 is 6.64. The lowest BCUT2D eigenvalue weighted by Gasteiger charge is -2.28. The summed E-state index contributed by atoms with van der Waals surface area (Å²) >= 11 is 0. The molecular formula is C46H31NO. The molecule has 226 valence electrons. The first-order valence-electron chi connectivity index (χ1n) is 16.4. The summed E-state index contributed by atoms with van der Waals surface area (Å²) in [5, 5.41) is 4.50. The normalized spacial score (nSPS) is 11.3. The highest BCUT2D eigenvalue weighted by atomic mass is 16.3. The van der Waals surface area contributed by atoms with Gasteiger partial charge in [0.1, 0.15) is 11.2 Å². The van der Waals surface area contributed by atoms with E-state index in [0.29, 0.717) is 0 Å². The maximum absolute atomic E-state index is 6.64. The Bertz CT molecular complexity index is 2530. The van der Waals surface area contributed by atoms with Crippen molar-refractivity contribution in [2.75, 3.05) is 4.90 Å². The second-order valence-electron chi connectivity index (χ2n) is 12.1. The number of hydrogen-bond donors (Lipinski definition) is 0. The van der Waals surface area contributed by atoms with Crippen LogP contribution < -0.4 is 4.90 Å². The zero-order chi connectivity index (χ0) is 31.9. The standard InChI is InChI=1S/C46H31NO/c1-3-12-32(13-4-1)33-22-24-34(25-23-33)35-26-29-38(30-27-35)47(42-19-10-9-17-39(42)36-14-5-2-6-15-36)43-20-11-21-44-45(43)41-31-28-37-16-7-8-18-40(37)46(41)48-44/h1-31H. The van der Waals surface area contributed by atoms with Crippen LogP contribution in [0.5, 0.6) is 0 Å². The van der Waals surface area contributed by atoms with Crippen LogP contribution in [0.4, 0.5) is 17.1 Å². The second kappa shape index (κ2) is 11.8. The Labute approximate surface area is 279 Å². The van der Waals surface area contributed by atoms with E-state index in [0.717, 1.165) is 50.0 Å². The predicted molar refractivity (Wildman–Crippen MR) is 202 cm³/mol. The van der Waals surface area contributed by atoms with Crippen molar-refractivity contribution in [2.45, 2.75) is 0 Å². The SMILES string of the molecule is c1ccc(-c2ccc(-c3ccc(N(c4ccccc4-c4ccccc4)c4cccc5oc6c7ccccc7ccc6c45)cc3)cc2)cc1. The summed E-state index contributed by atoms with van der Waals surface area (Å²) in [7, 11) is 0. The largest absolute Gasteiger partial charge is 0.455 e. The Morgan fingerprint density at radius 3 is 1.65 bits per heavy atom. The molecule has 0 aliphatic heterocycles. The number of furan rings is 1. The van der Waals surface area contributed by atoms with Crippen LogP contribution in [0.2, 0.25) is 0 Å². The van der Waals surface area contributed by atoms with Crippen molar-refractivity contribution in [1.82, 2.24) is 0 Å². The van der Waals surface area contributed by atoms with Gasteiger partial charge in [-0.3, -0.25) is 0 Å². The first kappa shape index (κ1) is 27.9. The molecule has 0 spiro atoms. The molecule has 0 fully saturated rings. The zero-order valence-electron chi connectivity index (χ0n) is 26.3. The predicted octanol–water partition coefficient (Wildman–Crippen LogP) is 13.2. The van der Waals surface area contributed by atoms with Crippen LogP contribution in [0.1, 0.15) is 0 Å². The van der Waals surface area contributed by atoms with Gasteiger partial charge in [0.2, 0.25) is 0 Å². The number of hydrogen-bond acceptors (Lipinski definition) is 2. The molecule has 2 heteroatoms. The molecule has 0 bridgehead atoms. The van der Waals surface area contributed by atoms with Crippen LogP contribution in [-0.4, -0.2) is 0 Å². The van der Waals surface area contributed by atoms with Crippen LogP contribution in [0.15, 0.2) is 192 Å². The second-order valence-corrected chi connectivity index (χ2v) is 12.1. The van der Waals surface area contributed by atoms with Crippen molar-refractivity contribution < 1.29 is 4.42 Å². The van der Waals surface area contributed by atoms with Crippen molar-refractivity contribution >= 4 is 49.8 Å². The average molecular weight is 614 g/mol. The van der Waals surface area contributed by atoms with Gasteiger partial charge in [-0.2, -0.15) is 0 Å². The molecule has 8 aromatic carbocycles. The van der Waals surface area contributed by atoms with Crippen molar-refractivity contribution in [3.8, 4) is 33.4 Å². The lowest BCUT2D eigenvalue weighted by atomic mass is 9.99. The summed E-state index contributed by atoms with van der Waals surface area (Å²) in [6.45, 7) is 0. The van der Waals surface area contributed by atoms with Crippen LogP contribution in [0, 0.1) is 0 Å². The van der Waals surface area contributed by atoms with Crippen molar-refractivity contribution in [3.63, 3.8) is 0 Å². The van der Waals surface area contributed by atoms with Crippen molar-refractivity contribution in [1.29, 1.82) is 0 Å². The van der Waals surface area contributed by atoms with Crippen molar-refractivity contribution in [2.24, 2.45) is 0 Å². The van der Waals surface area contributed by atoms with Gasteiger partial charge in [0.05, 0.1) is 16.8 Å². The summed E-state index contributed by atoms with van der Waals surface area (Å²) in [5.41, 5.74) is 12.2. The van der Waals surface area contributed by atoms with E-state index in [1.54, 1.807) is 0 Å². The van der Waals surface area contributed by atoms with E-state index < -0.39 is 0 Å². The maximum Gasteiger partial charge on any atom is 0.143 e. The van der Waals surface area contributed by atoms with Gasteiger partial charge >= 0.3 is 0 Å². The van der Waals surface area contributed by atoms with Gasteiger partial charge in [-0.05, 0) is 69.6 Å². The van der Waals surface area contributed by atoms with Crippen LogP contribution in [0.3, 0.4) is 0 Å². The summed E-state index contributed by atoms with van der Waals surface area (Å²) in [5.74, 6) is 0. The monoisotopic (exact) mass is 613 g/mol. The molecule has 1 heterocycles. The third-order valence-corrected chi connectivity index (χ3v) is 9.29. The molecule has 1 aromatic heterocycles. The number of benzene rings is 8. The van der Waals surface area contributed by atoms with E-state index in [1.807, 2.05) is 0 Å². The maximum atomic E-state index is 6.64. The fourth-order valence-corrected chi connectivity index (χ4v) is 6.95. The molecule has 9 aromatic rings. The van der Waals surface area contributed by atoms with Crippen LogP contribution >= 0.6 is 0 Å². The molecular weight excluding hydrogens is 583 g/mol.